The number of rotatable bonds is 3. The van der Waals surface area contributed by atoms with Crippen molar-refractivity contribution in [1.82, 2.24) is 0 Å². The van der Waals surface area contributed by atoms with Crippen molar-refractivity contribution < 1.29 is 13.5 Å². The van der Waals surface area contributed by atoms with Crippen LogP contribution in [0.5, 0.6) is 5.75 Å². The first-order valence-electron chi connectivity index (χ1n) is 3.31. The monoisotopic (exact) mass is 190 g/mol. The third-order valence-corrected chi connectivity index (χ3v) is 1.99. The lowest BCUT2D eigenvalue weighted by Gasteiger charge is -2.04. The fourth-order valence-electron chi connectivity index (χ4n) is 0.777. The quantitative estimate of drug-likeness (QED) is 0.677. The van der Waals surface area contributed by atoms with Crippen LogP contribution in [0, 0.1) is 0 Å². The molecule has 0 N–H and O–H groups in total. The van der Waals surface area contributed by atoms with Gasteiger partial charge in [0.1, 0.15) is 5.75 Å². The molecule has 0 atom stereocenters. The molecule has 1 aromatic carbocycles. The average Bonchev–Trinajstić information content (AvgIpc) is 2.03. The zero-order valence-corrected chi connectivity index (χ0v) is 7.28. The van der Waals surface area contributed by atoms with Crippen LogP contribution in [0.15, 0.2) is 29.2 Å². The molecule has 1 nitrogen and oxygen atoms in total. The van der Waals surface area contributed by atoms with Crippen LogP contribution < -0.4 is 4.74 Å². The minimum atomic E-state index is -2.75. The van der Waals surface area contributed by atoms with E-state index in [-0.39, 0.29) is 5.75 Å². The maximum Gasteiger partial charge on any atom is 0.387 e. The Balaban J connectivity index is 2.72. The highest BCUT2D eigenvalue weighted by atomic mass is 32.2. The van der Waals surface area contributed by atoms with Gasteiger partial charge in [0.05, 0.1) is 0 Å². The Morgan fingerprint density at radius 2 is 2.17 bits per heavy atom. The number of benzene rings is 1. The van der Waals surface area contributed by atoms with Gasteiger partial charge in [0, 0.05) is 4.90 Å². The zero-order valence-electron chi connectivity index (χ0n) is 6.46. The molecule has 0 aliphatic rings. The number of halogens is 2. The summed E-state index contributed by atoms with van der Waals surface area (Å²) in [4.78, 5) is 0.910. The molecule has 0 spiro atoms. The normalized spacial score (nSPS) is 10.3. The standard InChI is InChI=1S/C8H8F2OS/c1-12-7-4-2-3-6(5-7)11-8(9)10/h2-5,8H,1H3. The topological polar surface area (TPSA) is 9.23 Å². The predicted octanol–water partition coefficient (Wildman–Crippen LogP) is 3.01. The third kappa shape index (κ3) is 2.70. The molecule has 1 aromatic rings. The SMILES string of the molecule is CSc1cccc(OC(F)F)c1. The van der Waals surface area contributed by atoms with E-state index in [1.807, 2.05) is 12.3 Å². The molecule has 0 aromatic heterocycles. The molecule has 0 unspecified atom stereocenters. The van der Waals surface area contributed by atoms with E-state index in [0.29, 0.717) is 0 Å². The number of hydrogen-bond acceptors (Lipinski definition) is 2. The average molecular weight is 190 g/mol. The molecule has 0 saturated carbocycles. The van der Waals surface area contributed by atoms with Crippen molar-refractivity contribution in [2.75, 3.05) is 6.26 Å². The molecular weight excluding hydrogens is 182 g/mol. The van der Waals surface area contributed by atoms with Gasteiger partial charge in [-0.1, -0.05) is 6.07 Å². The van der Waals surface area contributed by atoms with Crippen LogP contribution in [0.2, 0.25) is 0 Å². The summed E-state index contributed by atoms with van der Waals surface area (Å²) < 4.78 is 27.7. The summed E-state index contributed by atoms with van der Waals surface area (Å²) in [6.45, 7) is -2.75. The highest BCUT2D eigenvalue weighted by molar-refractivity contribution is 7.98. The number of hydrogen-bond donors (Lipinski definition) is 0. The summed E-state index contributed by atoms with van der Waals surface area (Å²) in [5, 5.41) is 0. The van der Waals surface area contributed by atoms with Crippen molar-refractivity contribution in [3.8, 4) is 5.75 Å². The molecular formula is C8H8F2OS. The summed E-state index contributed by atoms with van der Waals surface area (Å²) in [5.74, 6) is 0.205. The van der Waals surface area contributed by atoms with E-state index in [1.54, 1.807) is 12.1 Å². The molecule has 0 bridgehead atoms. The second-order valence-corrected chi connectivity index (χ2v) is 2.94. The fraction of sp³-hybridized carbons (Fsp3) is 0.250. The summed E-state index contributed by atoms with van der Waals surface area (Å²) >= 11 is 1.49. The van der Waals surface area contributed by atoms with Crippen LogP contribution in [0.25, 0.3) is 0 Å². The second kappa shape index (κ2) is 4.30. The molecule has 0 fully saturated rings. The van der Waals surface area contributed by atoms with Gasteiger partial charge in [0.25, 0.3) is 0 Å². The van der Waals surface area contributed by atoms with Gasteiger partial charge in [-0.25, -0.2) is 0 Å². The van der Waals surface area contributed by atoms with E-state index in [2.05, 4.69) is 4.74 Å². The number of ether oxygens (including phenoxy) is 1. The molecule has 0 radical (unpaired) electrons. The van der Waals surface area contributed by atoms with E-state index in [4.69, 9.17) is 0 Å². The van der Waals surface area contributed by atoms with E-state index in [0.717, 1.165) is 4.90 Å². The van der Waals surface area contributed by atoms with Crippen molar-refractivity contribution in [2.45, 2.75) is 11.5 Å². The molecule has 0 aliphatic carbocycles. The van der Waals surface area contributed by atoms with Gasteiger partial charge in [-0.3, -0.25) is 0 Å². The molecule has 1 rings (SSSR count). The first-order chi connectivity index (χ1) is 5.72. The van der Waals surface area contributed by atoms with Crippen LogP contribution in [0.3, 0.4) is 0 Å². The Hall–Kier alpha value is -0.770. The van der Waals surface area contributed by atoms with Gasteiger partial charge < -0.3 is 4.74 Å². The van der Waals surface area contributed by atoms with Crippen molar-refractivity contribution >= 4 is 11.8 Å². The zero-order chi connectivity index (χ0) is 8.97. The van der Waals surface area contributed by atoms with E-state index >= 15 is 0 Å². The second-order valence-electron chi connectivity index (χ2n) is 2.06. The van der Waals surface area contributed by atoms with Gasteiger partial charge in [-0.05, 0) is 24.5 Å². The fourth-order valence-corrected chi connectivity index (χ4v) is 1.23. The molecule has 0 saturated heterocycles. The minimum absolute atomic E-state index is 0.205. The minimum Gasteiger partial charge on any atom is -0.435 e. The Bertz CT molecular complexity index is 253. The van der Waals surface area contributed by atoms with Crippen molar-refractivity contribution in [1.29, 1.82) is 0 Å². The predicted molar refractivity (Wildman–Crippen MR) is 44.9 cm³/mol. The largest absolute Gasteiger partial charge is 0.435 e. The van der Waals surface area contributed by atoms with E-state index in [1.165, 1.54) is 17.8 Å². The maximum atomic E-state index is 11.7. The lowest BCUT2D eigenvalue weighted by Crippen LogP contribution is -2.01. The molecule has 66 valence electrons. The summed E-state index contributed by atoms with van der Waals surface area (Å²) in [5.41, 5.74) is 0. The van der Waals surface area contributed by atoms with Crippen LogP contribution in [0.1, 0.15) is 0 Å². The molecule has 0 heterocycles. The first kappa shape index (κ1) is 9.32. The first-order valence-corrected chi connectivity index (χ1v) is 4.53. The summed E-state index contributed by atoms with van der Waals surface area (Å²) in [6.07, 6.45) is 1.88. The van der Waals surface area contributed by atoms with Crippen LogP contribution in [0.4, 0.5) is 8.78 Å². The maximum absolute atomic E-state index is 11.7. The van der Waals surface area contributed by atoms with Gasteiger partial charge >= 0.3 is 6.61 Å². The lowest BCUT2D eigenvalue weighted by molar-refractivity contribution is -0.0499. The van der Waals surface area contributed by atoms with Crippen molar-refractivity contribution in [2.24, 2.45) is 0 Å². The number of alkyl halides is 2. The van der Waals surface area contributed by atoms with Gasteiger partial charge in [0.2, 0.25) is 0 Å². The van der Waals surface area contributed by atoms with Gasteiger partial charge in [0.15, 0.2) is 0 Å². The van der Waals surface area contributed by atoms with Gasteiger partial charge in [-0.2, -0.15) is 8.78 Å². The summed E-state index contributed by atoms with van der Waals surface area (Å²) in [7, 11) is 0. The molecule has 0 aliphatic heterocycles. The van der Waals surface area contributed by atoms with Crippen LogP contribution >= 0.6 is 11.8 Å². The Morgan fingerprint density at radius 1 is 1.42 bits per heavy atom. The highest BCUT2D eigenvalue weighted by Gasteiger charge is 2.03. The lowest BCUT2D eigenvalue weighted by atomic mass is 10.3. The third-order valence-electron chi connectivity index (χ3n) is 1.27. The molecule has 0 amide bonds. The molecule has 12 heavy (non-hydrogen) atoms. The van der Waals surface area contributed by atoms with Crippen molar-refractivity contribution in [3.05, 3.63) is 24.3 Å². The summed E-state index contributed by atoms with van der Waals surface area (Å²) in [6, 6.07) is 6.61. The number of thioether (sulfide) groups is 1. The van der Waals surface area contributed by atoms with Gasteiger partial charge in [-0.15, -0.1) is 11.8 Å². The van der Waals surface area contributed by atoms with E-state index in [9.17, 15) is 8.78 Å². The van der Waals surface area contributed by atoms with Crippen LogP contribution in [-0.4, -0.2) is 12.9 Å². The van der Waals surface area contributed by atoms with Crippen molar-refractivity contribution in [3.63, 3.8) is 0 Å². The Morgan fingerprint density at radius 3 is 2.75 bits per heavy atom. The van der Waals surface area contributed by atoms with E-state index < -0.39 is 6.61 Å². The van der Waals surface area contributed by atoms with Crippen LogP contribution in [-0.2, 0) is 0 Å². The Labute approximate surface area is 73.7 Å². The highest BCUT2D eigenvalue weighted by Crippen LogP contribution is 2.21. The Kier molecular flexibility index (Phi) is 3.34. The molecule has 4 heteroatoms. The smallest absolute Gasteiger partial charge is 0.387 e.